The number of carbonyl (C=O) groups excluding carboxylic acids is 1. The maximum absolute atomic E-state index is 13.5. The molecule has 0 aliphatic heterocycles. The third-order valence-corrected chi connectivity index (χ3v) is 8.43. The van der Waals surface area contributed by atoms with Crippen LogP contribution in [0, 0.1) is 6.92 Å². The third kappa shape index (κ3) is 6.64. The van der Waals surface area contributed by atoms with E-state index < -0.39 is 38.4 Å². The number of aryl methyl sites for hydroxylation is 1. The molecule has 0 saturated carbocycles. The Morgan fingerprint density at radius 2 is 1.44 bits per heavy atom. The summed E-state index contributed by atoms with van der Waals surface area (Å²) in [5, 5.41) is 2.80. The van der Waals surface area contributed by atoms with Gasteiger partial charge < -0.3 is 10.1 Å². The van der Waals surface area contributed by atoms with E-state index >= 15 is 0 Å². The molecule has 10 heteroatoms. The van der Waals surface area contributed by atoms with Gasteiger partial charge in [0.1, 0.15) is 12.3 Å². The van der Waals surface area contributed by atoms with Crippen molar-refractivity contribution in [2.45, 2.75) is 36.6 Å². The Bertz CT molecular complexity index is 1400. The zero-order valence-electron chi connectivity index (χ0n) is 20.6. The fourth-order valence-corrected chi connectivity index (χ4v) is 5.58. The molecule has 0 aromatic heterocycles. The monoisotopic (exact) mass is 530 g/mol. The highest BCUT2D eigenvalue weighted by atomic mass is 32.2. The molecule has 8 nitrogen and oxygen atoms in total. The van der Waals surface area contributed by atoms with Gasteiger partial charge >= 0.3 is 0 Å². The molecule has 3 rings (SSSR count). The Morgan fingerprint density at radius 1 is 0.889 bits per heavy atom. The number of nitrogens with one attached hydrogen (secondary N) is 1. The van der Waals surface area contributed by atoms with Gasteiger partial charge in [-0.15, -0.1) is 0 Å². The van der Waals surface area contributed by atoms with Crippen molar-refractivity contribution < 1.29 is 26.4 Å². The lowest BCUT2D eigenvalue weighted by Gasteiger charge is -2.25. The maximum Gasteiger partial charge on any atom is 0.264 e. The van der Waals surface area contributed by atoms with Crippen LogP contribution in [0.25, 0.3) is 0 Å². The molecule has 1 amide bonds. The zero-order valence-corrected chi connectivity index (χ0v) is 22.3. The molecule has 0 aliphatic rings. The van der Waals surface area contributed by atoms with Gasteiger partial charge in [-0.2, -0.15) is 0 Å². The second-order valence-corrected chi connectivity index (χ2v) is 12.3. The summed E-state index contributed by atoms with van der Waals surface area (Å²) in [4.78, 5) is 13.2. The van der Waals surface area contributed by atoms with Crippen LogP contribution in [-0.2, 0) is 24.7 Å². The topological polar surface area (TPSA) is 110 Å². The third-order valence-electron chi connectivity index (χ3n) is 5.52. The van der Waals surface area contributed by atoms with Gasteiger partial charge in [0, 0.05) is 6.26 Å². The van der Waals surface area contributed by atoms with Gasteiger partial charge in [0.25, 0.3) is 10.0 Å². The molecule has 192 valence electrons. The van der Waals surface area contributed by atoms with Crippen LogP contribution in [0.1, 0.15) is 31.0 Å². The van der Waals surface area contributed by atoms with Crippen LogP contribution >= 0.6 is 0 Å². The number of ether oxygens (including phenoxy) is 1. The molecule has 0 saturated heterocycles. The van der Waals surface area contributed by atoms with E-state index in [0.717, 1.165) is 16.1 Å². The van der Waals surface area contributed by atoms with Gasteiger partial charge in [0.15, 0.2) is 9.84 Å². The fourth-order valence-electron chi connectivity index (χ4n) is 3.53. The largest absolute Gasteiger partial charge is 0.494 e. The molecule has 0 spiro atoms. The van der Waals surface area contributed by atoms with Crippen LogP contribution in [0.2, 0.25) is 0 Å². The van der Waals surface area contributed by atoms with Crippen LogP contribution in [0.5, 0.6) is 5.75 Å². The lowest BCUT2D eigenvalue weighted by Crippen LogP contribution is -2.41. The lowest BCUT2D eigenvalue weighted by molar-refractivity contribution is -0.120. The summed E-state index contributed by atoms with van der Waals surface area (Å²) in [6, 6.07) is 18.6. The molecule has 0 radical (unpaired) electrons. The van der Waals surface area contributed by atoms with Crippen LogP contribution < -0.4 is 14.4 Å². The quantitative estimate of drug-likeness (QED) is 0.426. The van der Waals surface area contributed by atoms with E-state index in [1.807, 2.05) is 13.8 Å². The number of hydrogen-bond acceptors (Lipinski definition) is 6. The van der Waals surface area contributed by atoms with E-state index in [9.17, 15) is 21.6 Å². The zero-order chi connectivity index (χ0) is 26.5. The second-order valence-electron chi connectivity index (χ2n) is 8.38. The molecule has 3 aromatic carbocycles. The first-order chi connectivity index (χ1) is 16.9. The Balaban J connectivity index is 1.86. The standard InChI is InChI=1S/C26H30N2O6S2/c1-5-34-23-12-10-22(11-13-23)28(36(32,33)25-14-6-19(2)7-15-25)18-26(29)27-20(3)21-8-16-24(17-9-21)35(4,30)31/h6-17,20H,5,18H2,1-4H3,(H,27,29)/t20-/m1/s1. The summed E-state index contributed by atoms with van der Waals surface area (Å²) in [6.07, 6.45) is 1.12. The average Bonchev–Trinajstić information content (AvgIpc) is 2.83. The Hall–Kier alpha value is -3.37. The predicted octanol–water partition coefficient (Wildman–Crippen LogP) is 3.87. The van der Waals surface area contributed by atoms with E-state index in [1.54, 1.807) is 55.5 Å². The Kier molecular flexibility index (Phi) is 8.42. The van der Waals surface area contributed by atoms with E-state index in [2.05, 4.69) is 5.32 Å². The summed E-state index contributed by atoms with van der Waals surface area (Å²) in [6.45, 7) is 5.47. The number of sulfonamides is 1. The van der Waals surface area contributed by atoms with E-state index in [1.165, 1.54) is 24.3 Å². The number of anilines is 1. The maximum atomic E-state index is 13.5. The number of amides is 1. The number of benzene rings is 3. The first-order valence-electron chi connectivity index (χ1n) is 11.3. The highest BCUT2D eigenvalue weighted by molar-refractivity contribution is 7.93. The van der Waals surface area contributed by atoms with Crippen molar-refractivity contribution in [2.75, 3.05) is 23.7 Å². The van der Waals surface area contributed by atoms with Crippen molar-refractivity contribution in [2.24, 2.45) is 0 Å². The molecule has 1 N–H and O–H groups in total. The molecule has 36 heavy (non-hydrogen) atoms. The number of nitrogens with zero attached hydrogens (tertiary/aromatic N) is 1. The first kappa shape index (κ1) is 27.2. The van der Waals surface area contributed by atoms with Gasteiger partial charge in [-0.05, 0) is 74.9 Å². The number of sulfone groups is 1. The minimum absolute atomic E-state index is 0.0687. The summed E-state index contributed by atoms with van der Waals surface area (Å²) in [5.41, 5.74) is 1.92. The molecule has 3 aromatic rings. The summed E-state index contributed by atoms with van der Waals surface area (Å²) in [7, 11) is -7.39. The second kappa shape index (κ2) is 11.1. The molecular formula is C26H30N2O6S2. The van der Waals surface area contributed by atoms with Gasteiger partial charge in [-0.3, -0.25) is 9.10 Å². The molecule has 0 fully saturated rings. The van der Waals surface area contributed by atoms with Crippen LogP contribution in [-0.4, -0.2) is 42.2 Å². The van der Waals surface area contributed by atoms with Crippen LogP contribution in [0.4, 0.5) is 5.69 Å². The summed E-state index contributed by atoms with van der Waals surface area (Å²) < 4.78 is 57.0. The number of carbonyl (C=O) groups is 1. The fraction of sp³-hybridized carbons (Fsp3) is 0.269. The van der Waals surface area contributed by atoms with Crippen molar-refractivity contribution in [3.63, 3.8) is 0 Å². The summed E-state index contributed by atoms with van der Waals surface area (Å²) >= 11 is 0. The average molecular weight is 531 g/mol. The number of hydrogen-bond donors (Lipinski definition) is 1. The normalized spacial score (nSPS) is 12.6. The molecule has 1 atom stereocenters. The van der Waals surface area contributed by atoms with E-state index in [4.69, 9.17) is 4.74 Å². The van der Waals surface area contributed by atoms with E-state index in [-0.39, 0.29) is 9.79 Å². The van der Waals surface area contributed by atoms with E-state index in [0.29, 0.717) is 23.6 Å². The lowest BCUT2D eigenvalue weighted by atomic mass is 10.1. The van der Waals surface area contributed by atoms with Crippen molar-refractivity contribution in [1.29, 1.82) is 0 Å². The molecule has 0 aliphatic carbocycles. The van der Waals surface area contributed by atoms with Crippen molar-refractivity contribution in [3.05, 3.63) is 83.9 Å². The minimum Gasteiger partial charge on any atom is -0.494 e. The minimum atomic E-state index is -4.05. The van der Waals surface area contributed by atoms with Crippen LogP contribution in [0.15, 0.2) is 82.6 Å². The molecular weight excluding hydrogens is 500 g/mol. The molecule has 0 unspecified atom stereocenters. The SMILES string of the molecule is CCOc1ccc(N(CC(=O)N[C@H](C)c2ccc(S(C)(=O)=O)cc2)S(=O)(=O)c2ccc(C)cc2)cc1. The van der Waals surface area contributed by atoms with Crippen LogP contribution in [0.3, 0.4) is 0 Å². The predicted molar refractivity (Wildman–Crippen MR) is 139 cm³/mol. The van der Waals surface area contributed by atoms with Crippen molar-refractivity contribution in [1.82, 2.24) is 5.32 Å². The van der Waals surface area contributed by atoms with Crippen molar-refractivity contribution in [3.8, 4) is 5.75 Å². The Labute approximate surface area is 212 Å². The molecule has 0 bridgehead atoms. The summed E-state index contributed by atoms with van der Waals surface area (Å²) in [5.74, 6) is 0.0730. The molecule has 0 heterocycles. The first-order valence-corrected chi connectivity index (χ1v) is 14.7. The highest BCUT2D eigenvalue weighted by Gasteiger charge is 2.28. The van der Waals surface area contributed by atoms with Gasteiger partial charge in [0.2, 0.25) is 5.91 Å². The van der Waals surface area contributed by atoms with Gasteiger partial charge in [-0.25, -0.2) is 16.8 Å². The van der Waals surface area contributed by atoms with Gasteiger partial charge in [0.05, 0.1) is 28.1 Å². The Morgan fingerprint density at radius 3 is 1.97 bits per heavy atom. The highest BCUT2D eigenvalue weighted by Crippen LogP contribution is 2.26. The van der Waals surface area contributed by atoms with Crippen molar-refractivity contribution >= 4 is 31.5 Å². The number of rotatable bonds is 10. The van der Waals surface area contributed by atoms with Gasteiger partial charge in [-0.1, -0.05) is 29.8 Å². The smallest absolute Gasteiger partial charge is 0.264 e.